The van der Waals surface area contributed by atoms with Crippen LogP contribution in [0.3, 0.4) is 0 Å². The molecule has 1 aliphatic heterocycles. The van der Waals surface area contributed by atoms with Crippen molar-refractivity contribution in [3.8, 4) is 11.8 Å². The molecule has 1 rings (SSSR count). The summed E-state index contributed by atoms with van der Waals surface area (Å²) in [7, 11) is -0.896. The van der Waals surface area contributed by atoms with Gasteiger partial charge in [0.15, 0.2) is 9.84 Å². The summed E-state index contributed by atoms with van der Waals surface area (Å²) in [4.78, 5) is 0. The molecule has 1 heterocycles. The molecule has 14 heavy (non-hydrogen) atoms. The van der Waals surface area contributed by atoms with Crippen molar-refractivity contribution in [1.29, 1.82) is 0 Å². The van der Waals surface area contributed by atoms with E-state index < -0.39 is 9.84 Å². The first kappa shape index (κ1) is 11.5. The molecule has 0 aromatic heterocycles. The van der Waals surface area contributed by atoms with Gasteiger partial charge in [0.25, 0.3) is 0 Å². The lowest BCUT2D eigenvalue weighted by molar-refractivity contribution is 0.412. The third-order valence-corrected chi connectivity index (χ3v) is 4.50. The molecular formula is C10H17NO2S. The van der Waals surface area contributed by atoms with Gasteiger partial charge in [-0.25, -0.2) is 8.42 Å². The van der Waals surface area contributed by atoms with Gasteiger partial charge in [-0.15, -0.1) is 11.8 Å². The summed E-state index contributed by atoms with van der Waals surface area (Å²) in [5.74, 6) is 6.74. The van der Waals surface area contributed by atoms with E-state index in [0.717, 1.165) is 12.8 Å². The summed E-state index contributed by atoms with van der Waals surface area (Å²) in [5, 5.41) is 3.15. The molecule has 0 aromatic rings. The maximum atomic E-state index is 11.3. The van der Waals surface area contributed by atoms with Crippen molar-refractivity contribution in [3.05, 3.63) is 0 Å². The molecule has 2 unspecified atom stereocenters. The molecule has 2 atom stereocenters. The van der Waals surface area contributed by atoms with Gasteiger partial charge >= 0.3 is 0 Å². The highest BCUT2D eigenvalue weighted by Gasteiger charge is 2.32. The van der Waals surface area contributed by atoms with Crippen LogP contribution in [0.15, 0.2) is 0 Å². The van der Waals surface area contributed by atoms with Crippen LogP contribution in [0.25, 0.3) is 0 Å². The fourth-order valence-electron chi connectivity index (χ4n) is 1.86. The second kappa shape index (κ2) is 4.81. The quantitative estimate of drug-likeness (QED) is 0.694. The van der Waals surface area contributed by atoms with Crippen LogP contribution in [0, 0.1) is 17.8 Å². The standard InChI is InChI=1S/C10H17NO2S/c1-3-4-5-10(11-2)9-6-7-14(12,13)8-9/h9-11H,5-8H2,1-2H3. The molecule has 1 fully saturated rings. The Morgan fingerprint density at radius 3 is 2.71 bits per heavy atom. The molecule has 1 N–H and O–H groups in total. The fourth-order valence-corrected chi connectivity index (χ4v) is 3.74. The van der Waals surface area contributed by atoms with Crippen molar-refractivity contribution in [2.24, 2.45) is 5.92 Å². The predicted octanol–water partition coefficient (Wildman–Crippen LogP) is 0.422. The first-order chi connectivity index (χ1) is 6.59. The molecular weight excluding hydrogens is 198 g/mol. The van der Waals surface area contributed by atoms with Crippen LogP contribution in [-0.4, -0.2) is 33.0 Å². The summed E-state index contributed by atoms with van der Waals surface area (Å²) in [6.45, 7) is 1.80. The van der Waals surface area contributed by atoms with Gasteiger partial charge in [0.2, 0.25) is 0 Å². The van der Waals surface area contributed by atoms with Gasteiger partial charge in [-0.3, -0.25) is 0 Å². The molecule has 1 aliphatic rings. The normalized spacial score (nSPS) is 26.6. The van der Waals surface area contributed by atoms with E-state index in [-0.39, 0.29) is 12.0 Å². The monoisotopic (exact) mass is 215 g/mol. The number of sulfone groups is 1. The van der Waals surface area contributed by atoms with Crippen LogP contribution in [0.1, 0.15) is 19.8 Å². The van der Waals surface area contributed by atoms with Crippen molar-refractivity contribution in [2.75, 3.05) is 18.6 Å². The van der Waals surface area contributed by atoms with Crippen molar-refractivity contribution in [3.63, 3.8) is 0 Å². The molecule has 4 heteroatoms. The van der Waals surface area contributed by atoms with E-state index in [2.05, 4.69) is 17.2 Å². The van der Waals surface area contributed by atoms with E-state index in [9.17, 15) is 8.42 Å². The summed E-state index contributed by atoms with van der Waals surface area (Å²) in [5.41, 5.74) is 0. The highest BCUT2D eigenvalue weighted by Crippen LogP contribution is 2.22. The maximum Gasteiger partial charge on any atom is 0.150 e. The molecule has 3 nitrogen and oxygen atoms in total. The van der Waals surface area contributed by atoms with E-state index in [4.69, 9.17) is 0 Å². The molecule has 80 valence electrons. The minimum Gasteiger partial charge on any atom is -0.316 e. The zero-order valence-electron chi connectivity index (χ0n) is 8.71. The molecule has 0 bridgehead atoms. The lowest BCUT2D eigenvalue weighted by atomic mass is 9.97. The SMILES string of the molecule is CC#CCC(NC)C1CCS(=O)(=O)C1. The first-order valence-electron chi connectivity index (χ1n) is 4.86. The summed E-state index contributed by atoms with van der Waals surface area (Å²) in [6.07, 6.45) is 1.52. The average molecular weight is 215 g/mol. The van der Waals surface area contributed by atoms with Crippen LogP contribution in [0.2, 0.25) is 0 Å². The van der Waals surface area contributed by atoms with E-state index in [1.807, 2.05) is 7.05 Å². The molecule has 0 radical (unpaired) electrons. The lowest BCUT2D eigenvalue weighted by Crippen LogP contribution is -2.33. The van der Waals surface area contributed by atoms with Crippen LogP contribution < -0.4 is 5.32 Å². The minimum absolute atomic E-state index is 0.222. The van der Waals surface area contributed by atoms with Gasteiger partial charge in [-0.05, 0) is 26.3 Å². The number of hydrogen-bond donors (Lipinski definition) is 1. The third kappa shape index (κ3) is 3.00. The van der Waals surface area contributed by atoms with Crippen molar-refractivity contribution in [1.82, 2.24) is 5.32 Å². The van der Waals surface area contributed by atoms with Crippen molar-refractivity contribution < 1.29 is 8.42 Å². The maximum absolute atomic E-state index is 11.3. The molecule has 1 saturated heterocycles. The molecule has 0 aromatic carbocycles. The first-order valence-corrected chi connectivity index (χ1v) is 6.68. The number of hydrogen-bond acceptors (Lipinski definition) is 3. The Balaban J connectivity index is 2.57. The van der Waals surface area contributed by atoms with Crippen molar-refractivity contribution >= 4 is 9.84 Å². The Bertz CT molecular complexity index is 337. The van der Waals surface area contributed by atoms with E-state index >= 15 is 0 Å². The van der Waals surface area contributed by atoms with Crippen LogP contribution in [0.4, 0.5) is 0 Å². The second-order valence-corrected chi connectivity index (χ2v) is 5.92. The topological polar surface area (TPSA) is 46.2 Å². The van der Waals surface area contributed by atoms with Crippen LogP contribution in [-0.2, 0) is 9.84 Å². The number of nitrogens with one attached hydrogen (secondary N) is 1. The number of rotatable bonds is 3. The minimum atomic E-state index is -2.76. The largest absolute Gasteiger partial charge is 0.316 e. The Morgan fingerprint density at radius 1 is 1.57 bits per heavy atom. The van der Waals surface area contributed by atoms with Gasteiger partial charge in [-0.2, -0.15) is 0 Å². The zero-order valence-corrected chi connectivity index (χ0v) is 9.52. The van der Waals surface area contributed by atoms with Crippen LogP contribution in [0.5, 0.6) is 0 Å². The van der Waals surface area contributed by atoms with Gasteiger partial charge in [-0.1, -0.05) is 0 Å². The van der Waals surface area contributed by atoms with E-state index in [1.165, 1.54) is 0 Å². The Labute approximate surface area is 86.2 Å². The molecule has 0 saturated carbocycles. The molecule has 0 amide bonds. The Kier molecular flexibility index (Phi) is 3.97. The Hall–Kier alpha value is -0.530. The second-order valence-electron chi connectivity index (χ2n) is 3.69. The average Bonchev–Trinajstić information content (AvgIpc) is 2.48. The third-order valence-electron chi connectivity index (χ3n) is 2.71. The van der Waals surface area contributed by atoms with Gasteiger partial charge < -0.3 is 5.32 Å². The smallest absolute Gasteiger partial charge is 0.150 e. The van der Waals surface area contributed by atoms with E-state index in [1.54, 1.807) is 6.92 Å². The van der Waals surface area contributed by atoms with E-state index in [0.29, 0.717) is 11.5 Å². The van der Waals surface area contributed by atoms with Gasteiger partial charge in [0.05, 0.1) is 11.5 Å². The van der Waals surface area contributed by atoms with Gasteiger partial charge in [0.1, 0.15) is 0 Å². The highest BCUT2D eigenvalue weighted by molar-refractivity contribution is 7.91. The van der Waals surface area contributed by atoms with Gasteiger partial charge in [0, 0.05) is 12.5 Å². The Morgan fingerprint density at radius 2 is 2.29 bits per heavy atom. The predicted molar refractivity (Wildman–Crippen MR) is 57.7 cm³/mol. The van der Waals surface area contributed by atoms with Crippen LogP contribution >= 0.6 is 0 Å². The summed E-state index contributed by atoms with van der Waals surface area (Å²) >= 11 is 0. The van der Waals surface area contributed by atoms with Crippen molar-refractivity contribution in [2.45, 2.75) is 25.8 Å². The lowest BCUT2D eigenvalue weighted by Gasteiger charge is -2.19. The zero-order chi connectivity index (χ0) is 10.6. The molecule has 0 spiro atoms. The fraction of sp³-hybridized carbons (Fsp3) is 0.800. The summed E-state index contributed by atoms with van der Waals surface area (Å²) in [6, 6.07) is 0.222. The molecule has 0 aliphatic carbocycles. The highest BCUT2D eigenvalue weighted by atomic mass is 32.2. The summed E-state index contributed by atoms with van der Waals surface area (Å²) < 4.78 is 22.5.